The largest absolute Gasteiger partial charge is 0.489 e. The van der Waals surface area contributed by atoms with E-state index in [1.165, 1.54) is 12.1 Å². The molecule has 0 aliphatic carbocycles. The summed E-state index contributed by atoms with van der Waals surface area (Å²) in [7, 11) is 0. The van der Waals surface area contributed by atoms with E-state index < -0.39 is 0 Å². The number of nitrogens with one attached hydrogen (secondary N) is 1. The van der Waals surface area contributed by atoms with Gasteiger partial charge in [-0.1, -0.05) is 54.6 Å². The Morgan fingerprint density at radius 1 is 0.708 bits per heavy atom. The molecule has 3 aromatic rings. The zero-order valence-electron chi connectivity index (χ0n) is 13.4. The predicted octanol–water partition coefficient (Wildman–Crippen LogP) is 4.69. The van der Waals surface area contributed by atoms with Gasteiger partial charge in [0.1, 0.15) is 18.2 Å². The van der Waals surface area contributed by atoms with Crippen molar-refractivity contribution in [1.82, 2.24) is 5.32 Å². The van der Waals surface area contributed by atoms with Gasteiger partial charge >= 0.3 is 0 Å². The van der Waals surface area contributed by atoms with Crippen LogP contribution in [-0.2, 0) is 19.7 Å². The molecule has 3 rings (SSSR count). The first kappa shape index (κ1) is 16.2. The van der Waals surface area contributed by atoms with Gasteiger partial charge in [-0.2, -0.15) is 0 Å². The summed E-state index contributed by atoms with van der Waals surface area (Å²) in [5.74, 6) is 0.655. The fourth-order valence-electron chi connectivity index (χ4n) is 2.44. The van der Waals surface area contributed by atoms with Crippen LogP contribution in [0.5, 0.6) is 5.75 Å². The van der Waals surface area contributed by atoms with Crippen LogP contribution in [0, 0.1) is 5.82 Å². The van der Waals surface area contributed by atoms with Crippen LogP contribution in [0.3, 0.4) is 0 Å². The maximum Gasteiger partial charge on any atom is 0.123 e. The summed E-state index contributed by atoms with van der Waals surface area (Å²) in [6.07, 6.45) is 0. The molecule has 0 bridgehead atoms. The third-order valence-electron chi connectivity index (χ3n) is 3.72. The molecule has 0 saturated carbocycles. The molecule has 0 amide bonds. The molecule has 122 valence electrons. The van der Waals surface area contributed by atoms with Crippen molar-refractivity contribution in [2.75, 3.05) is 0 Å². The van der Waals surface area contributed by atoms with Gasteiger partial charge in [-0.3, -0.25) is 0 Å². The lowest BCUT2D eigenvalue weighted by atomic mass is 10.2. The number of benzene rings is 3. The molecular formula is C21H20FNO. The van der Waals surface area contributed by atoms with Crippen molar-refractivity contribution in [3.05, 3.63) is 101 Å². The minimum Gasteiger partial charge on any atom is -0.489 e. The third kappa shape index (κ3) is 4.93. The van der Waals surface area contributed by atoms with Crippen LogP contribution in [0.15, 0.2) is 78.9 Å². The van der Waals surface area contributed by atoms with Crippen LogP contribution >= 0.6 is 0 Å². The molecule has 0 fully saturated rings. The molecular weight excluding hydrogens is 301 g/mol. The van der Waals surface area contributed by atoms with E-state index in [-0.39, 0.29) is 5.82 Å². The second kappa shape index (κ2) is 8.27. The molecule has 24 heavy (non-hydrogen) atoms. The van der Waals surface area contributed by atoms with Crippen molar-refractivity contribution in [3.63, 3.8) is 0 Å². The van der Waals surface area contributed by atoms with E-state index in [4.69, 9.17) is 4.74 Å². The number of ether oxygens (including phenoxy) is 1. The Morgan fingerprint density at radius 2 is 1.42 bits per heavy atom. The Labute approximate surface area is 141 Å². The monoisotopic (exact) mass is 321 g/mol. The fraction of sp³-hybridized carbons (Fsp3) is 0.143. The van der Waals surface area contributed by atoms with Gasteiger partial charge in [0, 0.05) is 13.1 Å². The second-order valence-corrected chi connectivity index (χ2v) is 5.65. The summed E-state index contributed by atoms with van der Waals surface area (Å²) in [4.78, 5) is 0. The summed E-state index contributed by atoms with van der Waals surface area (Å²) in [5.41, 5.74) is 3.37. The molecule has 2 nitrogen and oxygen atoms in total. The molecule has 0 heterocycles. The number of hydrogen-bond acceptors (Lipinski definition) is 2. The van der Waals surface area contributed by atoms with Crippen molar-refractivity contribution in [2.24, 2.45) is 0 Å². The molecule has 0 spiro atoms. The molecule has 0 aliphatic rings. The summed E-state index contributed by atoms with van der Waals surface area (Å²) < 4.78 is 18.7. The highest BCUT2D eigenvalue weighted by atomic mass is 19.1. The number of halogens is 1. The summed E-state index contributed by atoms with van der Waals surface area (Å²) in [6.45, 7) is 2.00. The normalized spacial score (nSPS) is 10.5. The highest BCUT2D eigenvalue weighted by Crippen LogP contribution is 2.15. The van der Waals surface area contributed by atoms with Crippen LogP contribution in [0.1, 0.15) is 16.7 Å². The first-order valence-electron chi connectivity index (χ1n) is 8.00. The van der Waals surface area contributed by atoms with E-state index in [0.29, 0.717) is 13.2 Å². The zero-order chi connectivity index (χ0) is 16.6. The van der Waals surface area contributed by atoms with E-state index in [9.17, 15) is 4.39 Å². The Kier molecular flexibility index (Phi) is 5.59. The molecule has 3 aromatic carbocycles. The van der Waals surface area contributed by atoms with Crippen LogP contribution in [0.25, 0.3) is 0 Å². The van der Waals surface area contributed by atoms with E-state index >= 15 is 0 Å². The van der Waals surface area contributed by atoms with Gasteiger partial charge in [0.2, 0.25) is 0 Å². The quantitative estimate of drug-likeness (QED) is 0.681. The first-order valence-corrected chi connectivity index (χ1v) is 8.00. The smallest absolute Gasteiger partial charge is 0.123 e. The first-order chi connectivity index (χ1) is 11.8. The van der Waals surface area contributed by atoms with Crippen LogP contribution in [0.4, 0.5) is 4.39 Å². The van der Waals surface area contributed by atoms with Crippen molar-refractivity contribution in [3.8, 4) is 5.75 Å². The standard InChI is InChI=1S/C21H20FNO/c22-20-11-9-17(10-12-20)14-23-15-19-7-4-8-21(13-19)24-16-18-5-2-1-3-6-18/h1-13,23H,14-16H2. The Morgan fingerprint density at radius 3 is 2.21 bits per heavy atom. The van der Waals surface area contributed by atoms with E-state index in [1.807, 2.05) is 48.5 Å². The van der Waals surface area contributed by atoms with Crippen molar-refractivity contribution in [2.45, 2.75) is 19.7 Å². The Bertz CT molecular complexity index is 756. The van der Waals surface area contributed by atoms with E-state index in [0.717, 1.165) is 29.0 Å². The molecule has 1 N–H and O–H groups in total. The predicted molar refractivity (Wildman–Crippen MR) is 94.2 cm³/mol. The van der Waals surface area contributed by atoms with Crippen LogP contribution < -0.4 is 10.1 Å². The zero-order valence-corrected chi connectivity index (χ0v) is 13.4. The highest BCUT2D eigenvalue weighted by molar-refractivity contribution is 5.29. The van der Waals surface area contributed by atoms with Crippen LogP contribution in [0.2, 0.25) is 0 Å². The average Bonchev–Trinajstić information content (AvgIpc) is 2.63. The van der Waals surface area contributed by atoms with Crippen molar-refractivity contribution >= 4 is 0 Å². The third-order valence-corrected chi connectivity index (χ3v) is 3.72. The maximum absolute atomic E-state index is 12.9. The van der Waals surface area contributed by atoms with Crippen molar-refractivity contribution in [1.29, 1.82) is 0 Å². The molecule has 3 heteroatoms. The summed E-state index contributed by atoms with van der Waals surface area (Å²) >= 11 is 0. The minimum absolute atomic E-state index is 0.206. The molecule has 0 saturated heterocycles. The lowest BCUT2D eigenvalue weighted by Crippen LogP contribution is -2.12. The SMILES string of the molecule is Fc1ccc(CNCc2cccc(OCc3ccccc3)c2)cc1. The molecule has 0 aromatic heterocycles. The molecule has 0 atom stereocenters. The lowest BCUT2D eigenvalue weighted by Gasteiger charge is -2.09. The Hall–Kier alpha value is -2.65. The number of rotatable bonds is 7. The number of hydrogen-bond donors (Lipinski definition) is 1. The van der Waals surface area contributed by atoms with Crippen molar-refractivity contribution < 1.29 is 9.13 Å². The van der Waals surface area contributed by atoms with Gasteiger partial charge in [0.05, 0.1) is 0 Å². The lowest BCUT2D eigenvalue weighted by molar-refractivity contribution is 0.306. The van der Waals surface area contributed by atoms with Gasteiger partial charge < -0.3 is 10.1 Å². The van der Waals surface area contributed by atoms with Gasteiger partial charge in [0.25, 0.3) is 0 Å². The molecule has 0 aliphatic heterocycles. The average molecular weight is 321 g/mol. The fourth-order valence-corrected chi connectivity index (χ4v) is 2.44. The van der Waals surface area contributed by atoms with Gasteiger partial charge in [-0.25, -0.2) is 4.39 Å². The summed E-state index contributed by atoms with van der Waals surface area (Å²) in [6, 6.07) is 24.7. The molecule has 0 unspecified atom stereocenters. The minimum atomic E-state index is -0.206. The van der Waals surface area contributed by atoms with Gasteiger partial charge in [-0.15, -0.1) is 0 Å². The summed E-state index contributed by atoms with van der Waals surface area (Å²) in [5, 5.41) is 3.36. The van der Waals surface area contributed by atoms with E-state index in [1.54, 1.807) is 12.1 Å². The van der Waals surface area contributed by atoms with Gasteiger partial charge in [0.15, 0.2) is 0 Å². The van der Waals surface area contributed by atoms with E-state index in [2.05, 4.69) is 11.4 Å². The highest BCUT2D eigenvalue weighted by Gasteiger charge is 1.99. The van der Waals surface area contributed by atoms with Crippen LogP contribution in [-0.4, -0.2) is 0 Å². The Balaban J connectivity index is 1.50. The second-order valence-electron chi connectivity index (χ2n) is 5.65. The maximum atomic E-state index is 12.9. The van der Waals surface area contributed by atoms with Gasteiger partial charge in [-0.05, 0) is 41.0 Å². The molecule has 0 radical (unpaired) electrons. The topological polar surface area (TPSA) is 21.3 Å².